The third-order valence-electron chi connectivity index (χ3n) is 4.98. The fourth-order valence-electron chi connectivity index (χ4n) is 3.37. The maximum absolute atomic E-state index is 12.3. The number of thioether (sulfide) groups is 1. The standard InChI is InChI=1S/C17H25N5OS/c1-10-6-5-7-14(13(10)4)19-15(23)9-24-17-20-16-18-11(2)8-12(3)22(16)21-17/h8,10,13-14H,5-7,9H2,1-4H3,(H,19,23)/t10-,13+,14-/m1/s1. The van der Waals surface area contributed by atoms with E-state index in [0.29, 0.717) is 34.6 Å². The van der Waals surface area contributed by atoms with Gasteiger partial charge in [-0.05, 0) is 38.2 Å². The van der Waals surface area contributed by atoms with E-state index in [2.05, 4.69) is 34.2 Å². The van der Waals surface area contributed by atoms with Crippen molar-refractivity contribution in [3.8, 4) is 0 Å². The van der Waals surface area contributed by atoms with Gasteiger partial charge in [0.2, 0.25) is 11.1 Å². The number of aryl methyl sites for hydroxylation is 2. The molecule has 1 fully saturated rings. The topological polar surface area (TPSA) is 72.2 Å². The van der Waals surface area contributed by atoms with Gasteiger partial charge in [-0.1, -0.05) is 38.5 Å². The first-order chi connectivity index (χ1) is 11.4. The van der Waals surface area contributed by atoms with Crippen molar-refractivity contribution in [2.75, 3.05) is 5.75 Å². The van der Waals surface area contributed by atoms with E-state index in [1.165, 1.54) is 24.6 Å². The third kappa shape index (κ3) is 3.71. The Morgan fingerprint density at radius 2 is 2.12 bits per heavy atom. The van der Waals surface area contributed by atoms with Gasteiger partial charge in [0, 0.05) is 17.4 Å². The van der Waals surface area contributed by atoms with Crippen LogP contribution in [-0.4, -0.2) is 37.3 Å². The minimum Gasteiger partial charge on any atom is -0.352 e. The maximum atomic E-state index is 12.3. The Kier molecular flexibility index (Phi) is 5.08. The van der Waals surface area contributed by atoms with Gasteiger partial charge in [-0.25, -0.2) is 9.50 Å². The summed E-state index contributed by atoms with van der Waals surface area (Å²) in [5.41, 5.74) is 1.91. The van der Waals surface area contributed by atoms with Crippen LogP contribution in [0.2, 0.25) is 0 Å². The second kappa shape index (κ2) is 7.09. The summed E-state index contributed by atoms with van der Waals surface area (Å²) in [4.78, 5) is 21.0. The number of carbonyl (C=O) groups excluding carboxylic acids is 1. The first-order valence-corrected chi connectivity index (χ1v) is 9.56. The van der Waals surface area contributed by atoms with E-state index in [9.17, 15) is 4.79 Å². The van der Waals surface area contributed by atoms with Gasteiger partial charge in [0.05, 0.1) is 5.75 Å². The average Bonchev–Trinajstić information content (AvgIpc) is 2.93. The molecule has 1 aliphatic carbocycles. The monoisotopic (exact) mass is 347 g/mol. The molecule has 0 aromatic carbocycles. The Balaban J connectivity index is 1.59. The lowest BCUT2D eigenvalue weighted by molar-refractivity contribution is -0.120. The van der Waals surface area contributed by atoms with Crippen molar-refractivity contribution in [2.45, 2.75) is 58.2 Å². The van der Waals surface area contributed by atoms with Crippen molar-refractivity contribution < 1.29 is 4.79 Å². The zero-order valence-corrected chi connectivity index (χ0v) is 15.6. The molecule has 1 aliphatic rings. The summed E-state index contributed by atoms with van der Waals surface area (Å²) >= 11 is 1.36. The Morgan fingerprint density at radius 1 is 1.33 bits per heavy atom. The van der Waals surface area contributed by atoms with Gasteiger partial charge in [0.15, 0.2) is 0 Å². The molecule has 1 N–H and O–H groups in total. The molecular formula is C17H25N5OS. The number of nitrogens with one attached hydrogen (secondary N) is 1. The van der Waals surface area contributed by atoms with E-state index >= 15 is 0 Å². The highest BCUT2D eigenvalue weighted by atomic mass is 32.2. The normalized spacial score (nSPS) is 24.2. The number of fused-ring (bicyclic) bond motifs is 1. The lowest BCUT2D eigenvalue weighted by Crippen LogP contribution is -2.44. The predicted molar refractivity (Wildman–Crippen MR) is 95.1 cm³/mol. The van der Waals surface area contributed by atoms with E-state index in [4.69, 9.17) is 0 Å². The molecule has 7 heteroatoms. The SMILES string of the molecule is Cc1cc(C)n2nc(SCC(=O)N[C@@H]3CCC[C@@H](C)[C@@H]3C)nc2n1. The smallest absolute Gasteiger partial charge is 0.253 e. The Morgan fingerprint density at radius 3 is 2.92 bits per heavy atom. The van der Waals surface area contributed by atoms with Gasteiger partial charge < -0.3 is 5.32 Å². The molecule has 0 unspecified atom stereocenters. The van der Waals surface area contributed by atoms with E-state index in [1.54, 1.807) is 4.52 Å². The zero-order chi connectivity index (χ0) is 17.3. The maximum Gasteiger partial charge on any atom is 0.253 e. The lowest BCUT2D eigenvalue weighted by Gasteiger charge is -2.34. The van der Waals surface area contributed by atoms with Crippen molar-refractivity contribution in [2.24, 2.45) is 11.8 Å². The molecule has 2 heterocycles. The van der Waals surface area contributed by atoms with Crippen molar-refractivity contribution in [3.05, 3.63) is 17.5 Å². The molecule has 1 saturated carbocycles. The summed E-state index contributed by atoms with van der Waals surface area (Å²) in [6.45, 7) is 8.43. The number of hydrogen-bond acceptors (Lipinski definition) is 5. The van der Waals surface area contributed by atoms with Gasteiger partial charge >= 0.3 is 0 Å². The second-order valence-electron chi connectivity index (χ2n) is 6.88. The van der Waals surface area contributed by atoms with Crippen molar-refractivity contribution in [1.82, 2.24) is 24.9 Å². The molecule has 6 nitrogen and oxygen atoms in total. The molecule has 1 amide bonds. The number of rotatable bonds is 4. The quantitative estimate of drug-likeness (QED) is 0.861. The van der Waals surface area contributed by atoms with Crippen LogP contribution in [0.15, 0.2) is 11.2 Å². The van der Waals surface area contributed by atoms with Gasteiger partial charge in [-0.3, -0.25) is 4.79 Å². The zero-order valence-electron chi connectivity index (χ0n) is 14.7. The fraction of sp³-hybridized carbons (Fsp3) is 0.647. The van der Waals surface area contributed by atoms with E-state index < -0.39 is 0 Å². The third-order valence-corrected chi connectivity index (χ3v) is 5.82. The molecule has 0 bridgehead atoms. The molecule has 0 spiro atoms. The summed E-state index contributed by atoms with van der Waals surface area (Å²) in [5, 5.41) is 8.20. The second-order valence-corrected chi connectivity index (χ2v) is 7.82. The summed E-state index contributed by atoms with van der Waals surface area (Å²) in [6.07, 6.45) is 3.54. The molecule has 3 rings (SSSR count). The van der Waals surface area contributed by atoms with Crippen LogP contribution in [0.1, 0.15) is 44.5 Å². The molecule has 3 atom stereocenters. The molecule has 2 aromatic heterocycles. The number of amides is 1. The molecule has 0 saturated heterocycles. The van der Waals surface area contributed by atoms with Gasteiger partial charge in [-0.15, -0.1) is 5.10 Å². The predicted octanol–water partition coefficient (Wildman–Crippen LogP) is 2.77. The number of nitrogens with zero attached hydrogens (tertiary/aromatic N) is 4. The molecule has 2 aromatic rings. The first-order valence-electron chi connectivity index (χ1n) is 8.57. The molecular weight excluding hydrogens is 322 g/mol. The number of hydrogen-bond donors (Lipinski definition) is 1. The van der Waals surface area contributed by atoms with Crippen molar-refractivity contribution in [3.63, 3.8) is 0 Å². The summed E-state index contributed by atoms with van der Waals surface area (Å²) < 4.78 is 1.72. The Hall–Kier alpha value is -1.63. The lowest BCUT2D eigenvalue weighted by atomic mass is 9.78. The fourth-order valence-corrected chi connectivity index (χ4v) is 4.00. The van der Waals surface area contributed by atoms with Crippen LogP contribution in [0.5, 0.6) is 0 Å². The van der Waals surface area contributed by atoms with Crippen LogP contribution in [-0.2, 0) is 4.79 Å². The average molecular weight is 347 g/mol. The highest BCUT2D eigenvalue weighted by Crippen LogP contribution is 2.29. The minimum atomic E-state index is 0.0608. The number of carbonyl (C=O) groups is 1. The van der Waals surface area contributed by atoms with Gasteiger partial charge in [0.25, 0.3) is 5.78 Å². The summed E-state index contributed by atoms with van der Waals surface area (Å²) in [6, 6.07) is 2.26. The van der Waals surface area contributed by atoms with Crippen LogP contribution < -0.4 is 5.32 Å². The largest absolute Gasteiger partial charge is 0.352 e. The van der Waals surface area contributed by atoms with Crippen molar-refractivity contribution in [1.29, 1.82) is 0 Å². The Bertz CT molecular complexity index is 744. The highest BCUT2D eigenvalue weighted by Gasteiger charge is 2.28. The highest BCUT2D eigenvalue weighted by molar-refractivity contribution is 7.99. The molecule has 24 heavy (non-hydrogen) atoms. The summed E-state index contributed by atoms with van der Waals surface area (Å²) in [7, 11) is 0. The van der Waals surface area contributed by atoms with Crippen LogP contribution in [0.3, 0.4) is 0 Å². The number of aromatic nitrogens is 4. The van der Waals surface area contributed by atoms with E-state index in [0.717, 1.165) is 17.8 Å². The van der Waals surface area contributed by atoms with Gasteiger partial charge in [-0.2, -0.15) is 4.98 Å². The summed E-state index contributed by atoms with van der Waals surface area (Å²) in [5.74, 6) is 2.20. The van der Waals surface area contributed by atoms with Crippen LogP contribution >= 0.6 is 11.8 Å². The van der Waals surface area contributed by atoms with Gasteiger partial charge in [0.1, 0.15) is 0 Å². The van der Waals surface area contributed by atoms with Crippen LogP contribution in [0.4, 0.5) is 0 Å². The Labute approximate surface area is 146 Å². The van der Waals surface area contributed by atoms with Crippen LogP contribution in [0.25, 0.3) is 5.78 Å². The molecule has 130 valence electrons. The van der Waals surface area contributed by atoms with Crippen LogP contribution in [0, 0.1) is 25.7 Å². The van der Waals surface area contributed by atoms with E-state index in [1.807, 2.05) is 19.9 Å². The molecule has 0 radical (unpaired) electrons. The molecule has 0 aliphatic heterocycles. The minimum absolute atomic E-state index is 0.0608. The first kappa shape index (κ1) is 17.2. The van der Waals surface area contributed by atoms with Crippen molar-refractivity contribution >= 4 is 23.4 Å². The van der Waals surface area contributed by atoms with E-state index in [-0.39, 0.29) is 5.91 Å².